The Balaban J connectivity index is 2.68. The molecule has 0 spiro atoms. The summed E-state index contributed by atoms with van der Waals surface area (Å²) in [6.07, 6.45) is 2.27. The van der Waals surface area contributed by atoms with Gasteiger partial charge < -0.3 is 5.11 Å². The molecular formula is C6H12O. The lowest BCUT2D eigenvalue weighted by Gasteiger charge is -1.98. The highest BCUT2D eigenvalue weighted by atomic mass is 16.3. The molecule has 0 aliphatic heterocycles. The van der Waals surface area contributed by atoms with Gasteiger partial charge in [-0.3, -0.25) is 0 Å². The summed E-state index contributed by atoms with van der Waals surface area (Å²) >= 11 is 0. The number of rotatable bonds is 3. The fourth-order valence-corrected chi connectivity index (χ4v) is 0.380. The van der Waals surface area contributed by atoms with E-state index in [-0.39, 0.29) is 6.10 Å². The third kappa shape index (κ3) is 5.96. The first-order valence-electron chi connectivity index (χ1n) is 2.57. The molecule has 0 fully saturated rings. The van der Waals surface area contributed by atoms with E-state index in [4.69, 9.17) is 5.11 Å². The lowest BCUT2D eigenvalue weighted by atomic mass is 10.2. The molecule has 0 saturated heterocycles. The summed E-state index contributed by atoms with van der Waals surface area (Å²) in [6.45, 7) is 7.02. The standard InChI is InChI=1S/C6H12O/c1-3-4-5-6(2)7/h6-7H,1-5H2. The molecule has 0 heterocycles. The van der Waals surface area contributed by atoms with Crippen molar-refractivity contribution in [1.82, 2.24) is 0 Å². The van der Waals surface area contributed by atoms with E-state index in [0.717, 1.165) is 19.3 Å². The zero-order valence-electron chi connectivity index (χ0n) is 4.56. The largest absolute Gasteiger partial charge is 0.393 e. The molecule has 0 aromatic carbocycles. The van der Waals surface area contributed by atoms with E-state index < -0.39 is 0 Å². The van der Waals surface area contributed by atoms with Gasteiger partial charge >= 0.3 is 0 Å². The van der Waals surface area contributed by atoms with Crippen molar-refractivity contribution in [3.63, 3.8) is 0 Å². The fourth-order valence-electron chi connectivity index (χ4n) is 0.380. The van der Waals surface area contributed by atoms with Crippen molar-refractivity contribution in [3.8, 4) is 0 Å². The maximum Gasteiger partial charge on any atom is 0.0541 e. The van der Waals surface area contributed by atoms with E-state index in [9.17, 15) is 0 Å². The molecule has 7 heavy (non-hydrogen) atoms. The predicted octanol–water partition coefficient (Wildman–Crippen LogP) is 1.19. The van der Waals surface area contributed by atoms with Gasteiger partial charge in [0.25, 0.3) is 0 Å². The maximum absolute atomic E-state index is 8.54. The van der Waals surface area contributed by atoms with Crippen molar-refractivity contribution >= 4 is 0 Å². The summed E-state index contributed by atoms with van der Waals surface area (Å²) in [4.78, 5) is 0. The Bertz CT molecular complexity index is 33.2. The Hall–Kier alpha value is -0.0400. The number of hydrogen-bond acceptors (Lipinski definition) is 1. The summed E-state index contributed by atoms with van der Waals surface area (Å²) in [5.74, 6) is 0. The van der Waals surface area contributed by atoms with Crippen LogP contribution in [0.25, 0.3) is 0 Å². The Morgan fingerprint density at radius 2 is 2.14 bits per heavy atom. The minimum Gasteiger partial charge on any atom is -0.393 e. The van der Waals surface area contributed by atoms with E-state index in [0.29, 0.717) is 0 Å². The van der Waals surface area contributed by atoms with Gasteiger partial charge in [-0.05, 0) is 13.3 Å². The van der Waals surface area contributed by atoms with Gasteiger partial charge in [-0.1, -0.05) is 19.8 Å². The summed E-state index contributed by atoms with van der Waals surface area (Å²) in [5, 5.41) is 8.54. The molecule has 0 bridgehead atoms. The second kappa shape index (κ2) is 4.13. The van der Waals surface area contributed by atoms with E-state index in [1.54, 1.807) is 0 Å². The second-order valence-electron chi connectivity index (χ2n) is 1.65. The topological polar surface area (TPSA) is 20.2 Å². The summed E-state index contributed by atoms with van der Waals surface area (Å²) in [5.41, 5.74) is 0. The molecular weight excluding hydrogens is 88.1 g/mol. The quantitative estimate of drug-likeness (QED) is 0.564. The second-order valence-corrected chi connectivity index (χ2v) is 1.65. The van der Waals surface area contributed by atoms with Crippen LogP contribution in [0.1, 0.15) is 19.3 Å². The van der Waals surface area contributed by atoms with Crippen molar-refractivity contribution in [1.29, 1.82) is 0 Å². The highest BCUT2D eigenvalue weighted by Gasteiger charge is 1.90. The molecule has 1 N–H and O–H groups in total. The molecule has 0 saturated carbocycles. The van der Waals surface area contributed by atoms with Crippen molar-refractivity contribution in [2.45, 2.75) is 25.4 Å². The Morgan fingerprint density at radius 1 is 1.57 bits per heavy atom. The first kappa shape index (κ1) is 6.96. The van der Waals surface area contributed by atoms with Gasteiger partial charge in [0.1, 0.15) is 0 Å². The minimum atomic E-state index is -0.387. The van der Waals surface area contributed by atoms with E-state index in [2.05, 4.69) is 13.8 Å². The van der Waals surface area contributed by atoms with Crippen molar-refractivity contribution in [2.24, 2.45) is 0 Å². The Labute approximate surface area is 45.4 Å². The summed E-state index contributed by atoms with van der Waals surface area (Å²) in [6, 6.07) is 0. The molecule has 1 unspecified atom stereocenters. The molecule has 0 aromatic heterocycles. The molecule has 2 radical (unpaired) electrons. The molecule has 0 aromatic rings. The van der Waals surface area contributed by atoms with Gasteiger partial charge in [0.2, 0.25) is 0 Å². The fraction of sp³-hybridized carbons (Fsp3) is 0.667. The number of aliphatic hydroxyl groups excluding tert-OH is 1. The minimum absolute atomic E-state index is 0.387. The highest BCUT2D eigenvalue weighted by Crippen LogP contribution is 1.96. The number of aliphatic hydroxyl groups is 1. The van der Waals surface area contributed by atoms with Gasteiger partial charge in [0, 0.05) is 0 Å². The average molecular weight is 100 g/mol. The van der Waals surface area contributed by atoms with Gasteiger partial charge in [0.05, 0.1) is 6.10 Å². The molecule has 42 valence electrons. The predicted molar refractivity (Wildman–Crippen MR) is 30.6 cm³/mol. The van der Waals surface area contributed by atoms with Crippen LogP contribution in [0.4, 0.5) is 0 Å². The zero-order chi connectivity index (χ0) is 5.70. The van der Waals surface area contributed by atoms with Crippen LogP contribution in [0.3, 0.4) is 0 Å². The molecule has 0 rings (SSSR count). The molecule has 0 aliphatic carbocycles. The summed E-state index contributed by atoms with van der Waals surface area (Å²) < 4.78 is 0. The number of unbranched alkanes of at least 4 members (excludes halogenated alkanes) is 1. The first-order chi connectivity index (χ1) is 3.27. The monoisotopic (exact) mass is 100 g/mol. The third-order valence-electron chi connectivity index (χ3n) is 0.787. The van der Waals surface area contributed by atoms with Crippen LogP contribution in [-0.4, -0.2) is 11.2 Å². The van der Waals surface area contributed by atoms with Crippen LogP contribution < -0.4 is 0 Å². The van der Waals surface area contributed by atoms with Crippen LogP contribution in [0.5, 0.6) is 0 Å². The van der Waals surface area contributed by atoms with E-state index >= 15 is 0 Å². The van der Waals surface area contributed by atoms with Gasteiger partial charge in [-0.2, -0.15) is 0 Å². The smallest absolute Gasteiger partial charge is 0.0541 e. The zero-order valence-corrected chi connectivity index (χ0v) is 4.56. The van der Waals surface area contributed by atoms with Crippen LogP contribution in [0, 0.1) is 13.8 Å². The third-order valence-corrected chi connectivity index (χ3v) is 0.787. The number of hydrogen-bond donors (Lipinski definition) is 1. The molecule has 1 atom stereocenters. The lowest BCUT2D eigenvalue weighted by molar-refractivity contribution is 0.207. The van der Waals surface area contributed by atoms with Gasteiger partial charge in [-0.25, -0.2) is 0 Å². The van der Waals surface area contributed by atoms with Crippen molar-refractivity contribution in [3.05, 3.63) is 13.8 Å². The van der Waals surface area contributed by atoms with Crippen LogP contribution in [0.15, 0.2) is 0 Å². The molecule has 1 heteroatoms. The van der Waals surface area contributed by atoms with Crippen LogP contribution in [0.2, 0.25) is 0 Å². The van der Waals surface area contributed by atoms with Gasteiger partial charge in [-0.15, -0.1) is 0 Å². The molecule has 0 amide bonds. The van der Waals surface area contributed by atoms with Crippen molar-refractivity contribution < 1.29 is 5.11 Å². The SMILES string of the molecule is [CH2]CCCC([CH2])O. The van der Waals surface area contributed by atoms with E-state index in [1.165, 1.54) is 0 Å². The lowest BCUT2D eigenvalue weighted by Crippen LogP contribution is -1.97. The van der Waals surface area contributed by atoms with E-state index in [1.807, 2.05) is 0 Å². The molecule has 0 aliphatic rings. The molecule has 1 nitrogen and oxygen atoms in total. The average Bonchev–Trinajstić information content (AvgIpc) is 1.61. The van der Waals surface area contributed by atoms with Crippen LogP contribution >= 0.6 is 0 Å². The Morgan fingerprint density at radius 3 is 2.29 bits per heavy atom. The first-order valence-corrected chi connectivity index (χ1v) is 2.57. The summed E-state index contributed by atoms with van der Waals surface area (Å²) in [7, 11) is 0. The van der Waals surface area contributed by atoms with Gasteiger partial charge in [0.15, 0.2) is 0 Å². The van der Waals surface area contributed by atoms with Crippen LogP contribution in [-0.2, 0) is 0 Å². The maximum atomic E-state index is 8.54. The normalized spacial score (nSPS) is 14.1. The highest BCUT2D eigenvalue weighted by molar-refractivity contribution is 4.56. The Kier molecular flexibility index (Phi) is 4.10. The van der Waals surface area contributed by atoms with Crippen molar-refractivity contribution in [2.75, 3.05) is 0 Å².